The van der Waals surface area contributed by atoms with E-state index in [4.69, 9.17) is 16.3 Å². The number of nitrogens with one attached hydrogen (secondary N) is 1. The predicted molar refractivity (Wildman–Crippen MR) is 99.0 cm³/mol. The van der Waals surface area contributed by atoms with E-state index in [0.717, 1.165) is 11.3 Å². The number of ether oxygens (including phenoxy) is 1. The summed E-state index contributed by atoms with van der Waals surface area (Å²) >= 11 is 5.90. The summed E-state index contributed by atoms with van der Waals surface area (Å²) in [6.07, 6.45) is 0.605. The first-order valence-electron chi connectivity index (χ1n) is 7.92. The average molecular weight is 361 g/mol. The van der Waals surface area contributed by atoms with E-state index in [-0.39, 0.29) is 18.4 Å². The highest BCUT2D eigenvalue weighted by atomic mass is 35.5. The molecule has 0 aliphatic rings. The molecule has 2 rings (SSSR count). The van der Waals surface area contributed by atoms with E-state index in [1.54, 1.807) is 31.4 Å². The van der Waals surface area contributed by atoms with Crippen molar-refractivity contribution in [1.29, 1.82) is 0 Å². The van der Waals surface area contributed by atoms with Crippen LogP contribution >= 0.6 is 11.6 Å². The van der Waals surface area contributed by atoms with Gasteiger partial charge in [-0.1, -0.05) is 35.9 Å². The van der Waals surface area contributed by atoms with Gasteiger partial charge in [0.25, 0.3) is 0 Å². The second-order valence-electron chi connectivity index (χ2n) is 5.56. The smallest absolute Gasteiger partial charge is 0.243 e. The lowest BCUT2D eigenvalue weighted by atomic mass is 10.1. The molecule has 0 spiro atoms. The van der Waals surface area contributed by atoms with Gasteiger partial charge in [-0.3, -0.25) is 9.59 Å². The fraction of sp³-hybridized carbons (Fsp3) is 0.263. The van der Waals surface area contributed by atoms with Crippen molar-refractivity contribution in [2.45, 2.75) is 13.3 Å². The number of amides is 2. The van der Waals surface area contributed by atoms with Gasteiger partial charge in [-0.2, -0.15) is 0 Å². The minimum absolute atomic E-state index is 0.0169. The van der Waals surface area contributed by atoms with Crippen LogP contribution in [-0.2, 0) is 16.0 Å². The van der Waals surface area contributed by atoms with Gasteiger partial charge in [-0.15, -0.1) is 0 Å². The van der Waals surface area contributed by atoms with Crippen LogP contribution in [0, 0.1) is 0 Å². The molecule has 0 aliphatic carbocycles. The number of halogens is 1. The highest BCUT2D eigenvalue weighted by Crippen LogP contribution is 2.18. The summed E-state index contributed by atoms with van der Waals surface area (Å²) in [7, 11) is 1.61. The molecule has 5 nitrogen and oxygen atoms in total. The van der Waals surface area contributed by atoms with Crippen LogP contribution in [0.25, 0.3) is 0 Å². The van der Waals surface area contributed by atoms with Crippen LogP contribution in [0.15, 0.2) is 48.5 Å². The number of carbonyl (C=O) groups excluding carboxylic acids is 2. The van der Waals surface area contributed by atoms with Gasteiger partial charge < -0.3 is 15.0 Å². The lowest BCUT2D eigenvalue weighted by Gasteiger charge is -2.21. The zero-order valence-corrected chi connectivity index (χ0v) is 15.0. The van der Waals surface area contributed by atoms with Crippen LogP contribution in [0.3, 0.4) is 0 Å². The number of carbonyl (C=O) groups is 2. The van der Waals surface area contributed by atoms with Gasteiger partial charge in [0.2, 0.25) is 11.8 Å². The molecule has 6 heteroatoms. The van der Waals surface area contributed by atoms with Crippen LogP contribution in [0.2, 0.25) is 5.02 Å². The van der Waals surface area contributed by atoms with Gasteiger partial charge in [0.15, 0.2) is 0 Å². The Balaban J connectivity index is 1.96. The summed E-state index contributed by atoms with van der Waals surface area (Å²) in [5.41, 5.74) is 1.59. The van der Waals surface area contributed by atoms with Crippen LogP contribution in [-0.4, -0.2) is 36.9 Å². The zero-order chi connectivity index (χ0) is 18.2. The van der Waals surface area contributed by atoms with Crippen molar-refractivity contribution in [3.8, 4) is 5.75 Å². The maximum absolute atomic E-state index is 12.2. The van der Waals surface area contributed by atoms with Gasteiger partial charge in [-0.25, -0.2) is 0 Å². The van der Waals surface area contributed by atoms with E-state index >= 15 is 0 Å². The van der Waals surface area contributed by atoms with Crippen LogP contribution in [0.4, 0.5) is 5.69 Å². The normalized spacial score (nSPS) is 10.2. The van der Waals surface area contributed by atoms with Gasteiger partial charge in [0.05, 0.1) is 13.7 Å². The molecule has 132 valence electrons. The number of benzene rings is 2. The molecule has 2 aromatic rings. The van der Waals surface area contributed by atoms with E-state index in [9.17, 15) is 9.59 Å². The Morgan fingerprint density at radius 3 is 2.60 bits per heavy atom. The van der Waals surface area contributed by atoms with Crippen molar-refractivity contribution in [3.05, 3.63) is 59.1 Å². The van der Waals surface area contributed by atoms with Crippen molar-refractivity contribution in [2.24, 2.45) is 0 Å². The molecule has 2 aromatic carbocycles. The molecule has 0 unspecified atom stereocenters. The summed E-state index contributed by atoms with van der Waals surface area (Å²) in [6, 6.07) is 14.5. The molecule has 0 saturated carbocycles. The van der Waals surface area contributed by atoms with Gasteiger partial charge in [0, 0.05) is 24.2 Å². The monoisotopic (exact) mass is 360 g/mol. The third kappa shape index (κ3) is 5.80. The van der Waals surface area contributed by atoms with Crippen molar-refractivity contribution in [3.63, 3.8) is 0 Å². The first kappa shape index (κ1) is 18.8. The Morgan fingerprint density at radius 2 is 1.92 bits per heavy atom. The highest BCUT2D eigenvalue weighted by molar-refractivity contribution is 6.30. The molecular weight excluding hydrogens is 340 g/mol. The molecule has 0 radical (unpaired) electrons. The molecule has 0 heterocycles. The lowest BCUT2D eigenvalue weighted by molar-refractivity contribution is -0.132. The maximum Gasteiger partial charge on any atom is 0.243 e. The van der Waals surface area contributed by atoms with Gasteiger partial charge >= 0.3 is 0 Å². The third-order valence-corrected chi connectivity index (χ3v) is 3.97. The molecule has 0 atom stereocenters. The number of nitrogens with zero attached hydrogens (tertiary/aromatic N) is 1. The Kier molecular flexibility index (Phi) is 6.83. The van der Waals surface area contributed by atoms with Crippen molar-refractivity contribution in [2.75, 3.05) is 25.5 Å². The Morgan fingerprint density at radius 1 is 1.16 bits per heavy atom. The quantitative estimate of drug-likeness (QED) is 0.823. The van der Waals surface area contributed by atoms with Gasteiger partial charge in [-0.05, 0) is 36.2 Å². The van der Waals surface area contributed by atoms with Crippen LogP contribution in [0.5, 0.6) is 5.75 Å². The zero-order valence-electron chi connectivity index (χ0n) is 14.3. The topological polar surface area (TPSA) is 58.6 Å². The first-order valence-corrected chi connectivity index (χ1v) is 8.30. The van der Waals surface area contributed by atoms with E-state index < -0.39 is 0 Å². The number of hydrogen-bond acceptors (Lipinski definition) is 3. The minimum Gasteiger partial charge on any atom is -0.496 e. The van der Waals surface area contributed by atoms with Gasteiger partial charge in [0.1, 0.15) is 5.75 Å². The lowest BCUT2D eigenvalue weighted by Crippen LogP contribution is -2.38. The Labute approximate surface area is 152 Å². The summed E-state index contributed by atoms with van der Waals surface area (Å²) in [6.45, 7) is 1.87. The van der Waals surface area contributed by atoms with E-state index in [0.29, 0.717) is 23.7 Å². The molecule has 0 aromatic heterocycles. The highest BCUT2D eigenvalue weighted by Gasteiger charge is 2.15. The first-order chi connectivity index (χ1) is 12.0. The summed E-state index contributed by atoms with van der Waals surface area (Å²) in [4.78, 5) is 25.6. The Hall–Kier alpha value is -2.53. The van der Waals surface area contributed by atoms with E-state index in [1.807, 2.05) is 24.3 Å². The Bertz CT molecular complexity index is 749. The van der Waals surface area contributed by atoms with Crippen LogP contribution in [0.1, 0.15) is 12.5 Å². The summed E-state index contributed by atoms with van der Waals surface area (Å²) in [5, 5.41) is 3.29. The van der Waals surface area contributed by atoms with Crippen molar-refractivity contribution >= 4 is 29.1 Å². The predicted octanol–water partition coefficient (Wildman–Crippen LogP) is 3.38. The maximum atomic E-state index is 12.2. The molecule has 25 heavy (non-hydrogen) atoms. The average Bonchev–Trinajstić information content (AvgIpc) is 2.58. The van der Waals surface area contributed by atoms with Crippen molar-refractivity contribution < 1.29 is 14.3 Å². The summed E-state index contributed by atoms with van der Waals surface area (Å²) in [5.74, 6) is 0.350. The van der Waals surface area contributed by atoms with Crippen LogP contribution < -0.4 is 10.1 Å². The molecule has 0 saturated heterocycles. The molecule has 0 aliphatic heterocycles. The molecule has 1 N–H and O–H groups in total. The fourth-order valence-electron chi connectivity index (χ4n) is 2.45. The fourth-order valence-corrected chi connectivity index (χ4v) is 2.64. The number of para-hydroxylation sites is 1. The summed E-state index contributed by atoms with van der Waals surface area (Å²) < 4.78 is 5.31. The SMILES string of the molecule is COc1ccccc1CCN(CC(=O)Nc1cccc(Cl)c1)C(C)=O. The second-order valence-corrected chi connectivity index (χ2v) is 6.00. The minimum atomic E-state index is -0.266. The number of rotatable bonds is 7. The third-order valence-electron chi connectivity index (χ3n) is 3.73. The standard InChI is InChI=1S/C19H21ClN2O3/c1-14(23)22(11-10-15-6-3-4-9-18(15)25-2)13-19(24)21-17-8-5-7-16(20)12-17/h3-9,12H,10-11,13H2,1-2H3,(H,21,24). The molecule has 2 amide bonds. The number of hydrogen-bond donors (Lipinski definition) is 1. The molecule has 0 fully saturated rings. The van der Waals surface area contributed by atoms with E-state index in [2.05, 4.69) is 5.32 Å². The number of methoxy groups -OCH3 is 1. The largest absolute Gasteiger partial charge is 0.496 e. The van der Waals surface area contributed by atoms with Crippen molar-refractivity contribution in [1.82, 2.24) is 4.90 Å². The number of anilines is 1. The van der Waals surface area contributed by atoms with E-state index in [1.165, 1.54) is 11.8 Å². The molecule has 0 bridgehead atoms. The second kappa shape index (κ2) is 9.08. The molecular formula is C19H21ClN2O3.